The van der Waals surface area contributed by atoms with Gasteiger partial charge in [-0.2, -0.15) is 0 Å². The van der Waals surface area contributed by atoms with Crippen molar-refractivity contribution in [3.63, 3.8) is 0 Å². The molecule has 0 heterocycles. The molecule has 2 aromatic carbocycles. The van der Waals surface area contributed by atoms with Crippen LogP contribution in [0.2, 0.25) is 0 Å². The quantitative estimate of drug-likeness (QED) is 0.828. The van der Waals surface area contributed by atoms with Crippen molar-refractivity contribution < 1.29 is 18.7 Å². The van der Waals surface area contributed by atoms with Crippen LogP contribution < -0.4 is 5.32 Å². The molecule has 0 unspecified atom stereocenters. The number of carbonyl (C=O) groups excluding carboxylic acids is 2. The normalized spacial score (nSPS) is 10.1. The maximum atomic E-state index is 13.0. The van der Waals surface area contributed by atoms with E-state index in [0.717, 1.165) is 5.56 Å². The maximum absolute atomic E-state index is 13.0. The first-order valence-electron chi connectivity index (χ1n) is 6.49. The summed E-state index contributed by atoms with van der Waals surface area (Å²) in [6.45, 7) is -0.106. The Labute approximate surface area is 135 Å². The van der Waals surface area contributed by atoms with Gasteiger partial charge in [-0.3, -0.25) is 9.59 Å². The summed E-state index contributed by atoms with van der Waals surface area (Å²) in [6.07, 6.45) is 0. The molecule has 4 nitrogen and oxygen atoms in total. The van der Waals surface area contributed by atoms with Crippen LogP contribution in [0.3, 0.4) is 0 Å². The second-order valence-electron chi connectivity index (χ2n) is 4.45. The molecule has 0 aliphatic rings. The largest absolute Gasteiger partial charge is 0.460 e. The van der Waals surface area contributed by atoms with Crippen molar-refractivity contribution in [2.75, 3.05) is 6.54 Å². The van der Waals surface area contributed by atoms with Gasteiger partial charge in [-0.25, -0.2) is 4.39 Å². The highest BCUT2D eigenvalue weighted by Crippen LogP contribution is 2.17. The highest BCUT2D eigenvalue weighted by molar-refractivity contribution is 9.10. The Balaban J connectivity index is 1.82. The van der Waals surface area contributed by atoms with E-state index in [9.17, 15) is 14.0 Å². The number of esters is 1. The second-order valence-corrected chi connectivity index (χ2v) is 5.31. The zero-order chi connectivity index (χ0) is 15.9. The first-order valence-corrected chi connectivity index (χ1v) is 7.28. The monoisotopic (exact) mass is 365 g/mol. The van der Waals surface area contributed by atoms with Crippen molar-refractivity contribution in [1.82, 2.24) is 5.32 Å². The lowest BCUT2D eigenvalue weighted by Crippen LogP contribution is -2.30. The molecule has 1 N–H and O–H groups in total. The fourth-order valence-electron chi connectivity index (χ4n) is 1.71. The van der Waals surface area contributed by atoms with Crippen molar-refractivity contribution >= 4 is 27.8 Å². The van der Waals surface area contributed by atoms with Crippen LogP contribution in [0.25, 0.3) is 0 Å². The Bertz CT molecular complexity index is 676. The average Bonchev–Trinajstić information content (AvgIpc) is 2.51. The van der Waals surface area contributed by atoms with Crippen molar-refractivity contribution in [3.8, 4) is 0 Å². The minimum Gasteiger partial charge on any atom is -0.460 e. The number of hydrogen-bond acceptors (Lipinski definition) is 3. The van der Waals surface area contributed by atoms with Crippen LogP contribution in [0.15, 0.2) is 53.0 Å². The van der Waals surface area contributed by atoms with Crippen LogP contribution in [0, 0.1) is 5.82 Å². The Hall–Kier alpha value is -2.21. The van der Waals surface area contributed by atoms with Crippen LogP contribution in [-0.2, 0) is 16.1 Å². The molecule has 0 atom stereocenters. The Kier molecular flexibility index (Phi) is 5.66. The van der Waals surface area contributed by atoms with Gasteiger partial charge in [0.05, 0.1) is 5.56 Å². The van der Waals surface area contributed by atoms with Crippen LogP contribution in [0.1, 0.15) is 15.9 Å². The van der Waals surface area contributed by atoms with Gasteiger partial charge in [0.25, 0.3) is 5.91 Å². The average molecular weight is 366 g/mol. The minimum absolute atomic E-state index is 0.149. The third kappa shape index (κ3) is 4.66. The lowest BCUT2D eigenvalue weighted by Gasteiger charge is -2.08. The van der Waals surface area contributed by atoms with E-state index in [2.05, 4.69) is 21.2 Å². The maximum Gasteiger partial charge on any atom is 0.325 e. The zero-order valence-electron chi connectivity index (χ0n) is 11.5. The van der Waals surface area contributed by atoms with E-state index in [1.165, 1.54) is 18.2 Å². The molecule has 0 saturated carbocycles. The van der Waals surface area contributed by atoms with E-state index < -0.39 is 17.7 Å². The van der Waals surface area contributed by atoms with E-state index in [1.54, 1.807) is 0 Å². The Morgan fingerprint density at radius 2 is 1.86 bits per heavy atom. The van der Waals surface area contributed by atoms with Gasteiger partial charge in [-0.05, 0) is 39.7 Å². The third-order valence-corrected chi connectivity index (χ3v) is 3.47. The van der Waals surface area contributed by atoms with Crippen LogP contribution >= 0.6 is 15.9 Å². The smallest absolute Gasteiger partial charge is 0.325 e. The number of nitrogens with one attached hydrogen (secondary N) is 1. The summed E-state index contributed by atoms with van der Waals surface area (Å²) < 4.78 is 18.3. The van der Waals surface area contributed by atoms with Gasteiger partial charge in [0.15, 0.2) is 0 Å². The molecule has 0 aromatic heterocycles. The molecule has 2 rings (SSSR count). The number of hydrogen-bond donors (Lipinski definition) is 1. The highest BCUT2D eigenvalue weighted by atomic mass is 79.9. The predicted octanol–water partition coefficient (Wildman–Crippen LogP) is 3.06. The molecular weight excluding hydrogens is 353 g/mol. The van der Waals surface area contributed by atoms with E-state index in [0.29, 0.717) is 4.47 Å². The molecule has 22 heavy (non-hydrogen) atoms. The molecule has 0 aliphatic carbocycles. The first-order chi connectivity index (χ1) is 10.6. The van der Waals surface area contributed by atoms with E-state index >= 15 is 0 Å². The predicted molar refractivity (Wildman–Crippen MR) is 82.7 cm³/mol. The molecule has 2 aromatic rings. The fraction of sp³-hybridized carbons (Fsp3) is 0.125. The molecule has 1 amide bonds. The molecular formula is C16H13BrFNO3. The standard InChI is InChI=1S/C16H13BrFNO3/c17-14-8-12(18)6-7-13(14)16(21)19-9-15(20)22-10-11-4-2-1-3-5-11/h1-8H,9-10H2,(H,19,21). The van der Waals surface area contributed by atoms with E-state index in [-0.39, 0.29) is 18.7 Å². The van der Waals surface area contributed by atoms with Gasteiger partial charge in [0, 0.05) is 4.47 Å². The Morgan fingerprint density at radius 3 is 2.55 bits per heavy atom. The fourth-order valence-corrected chi connectivity index (χ4v) is 2.24. The number of halogens is 2. The van der Waals surface area contributed by atoms with Gasteiger partial charge < -0.3 is 10.1 Å². The van der Waals surface area contributed by atoms with Crippen molar-refractivity contribution in [2.24, 2.45) is 0 Å². The lowest BCUT2D eigenvalue weighted by molar-refractivity contribution is -0.143. The SMILES string of the molecule is O=C(CNC(=O)c1ccc(F)cc1Br)OCc1ccccc1. The molecule has 0 bridgehead atoms. The number of benzene rings is 2. The summed E-state index contributed by atoms with van der Waals surface area (Å²) in [7, 11) is 0. The minimum atomic E-state index is -0.546. The van der Waals surface area contributed by atoms with Crippen molar-refractivity contribution in [2.45, 2.75) is 6.61 Å². The number of amides is 1. The molecule has 0 saturated heterocycles. The summed E-state index contributed by atoms with van der Waals surface area (Å²) in [5, 5.41) is 2.43. The summed E-state index contributed by atoms with van der Waals surface area (Å²) >= 11 is 3.10. The van der Waals surface area contributed by atoms with Gasteiger partial charge in [0.2, 0.25) is 0 Å². The second kappa shape index (κ2) is 7.70. The summed E-state index contributed by atoms with van der Waals surface area (Å²) in [5.41, 5.74) is 1.11. The third-order valence-electron chi connectivity index (χ3n) is 2.81. The van der Waals surface area contributed by atoms with Crippen molar-refractivity contribution in [1.29, 1.82) is 0 Å². The van der Waals surface area contributed by atoms with Crippen molar-refractivity contribution in [3.05, 3.63) is 69.9 Å². The summed E-state index contributed by atoms with van der Waals surface area (Å²) in [4.78, 5) is 23.5. The Morgan fingerprint density at radius 1 is 1.14 bits per heavy atom. The molecule has 0 fully saturated rings. The molecule has 0 radical (unpaired) electrons. The summed E-state index contributed by atoms with van der Waals surface area (Å²) in [5.74, 6) is -1.48. The first kappa shape index (κ1) is 16.2. The molecule has 114 valence electrons. The number of rotatable bonds is 5. The molecule has 6 heteroatoms. The number of carbonyl (C=O) groups is 2. The zero-order valence-corrected chi connectivity index (χ0v) is 13.1. The van der Waals surface area contributed by atoms with Gasteiger partial charge in [-0.15, -0.1) is 0 Å². The van der Waals surface area contributed by atoms with E-state index in [4.69, 9.17) is 4.74 Å². The number of ether oxygens (including phenoxy) is 1. The van der Waals surface area contributed by atoms with E-state index in [1.807, 2.05) is 30.3 Å². The highest BCUT2D eigenvalue weighted by Gasteiger charge is 2.12. The topological polar surface area (TPSA) is 55.4 Å². The summed E-state index contributed by atoms with van der Waals surface area (Å²) in [6, 6.07) is 12.9. The van der Waals surface area contributed by atoms with Crippen LogP contribution in [-0.4, -0.2) is 18.4 Å². The van der Waals surface area contributed by atoms with Gasteiger partial charge >= 0.3 is 5.97 Å². The molecule has 0 aliphatic heterocycles. The van der Waals surface area contributed by atoms with Gasteiger partial charge in [-0.1, -0.05) is 30.3 Å². The van der Waals surface area contributed by atoms with Gasteiger partial charge in [0.1, 0.15) is 19.0 Å². The van der Waals surface area contributed by atoms with Crippen LogP contribution in [0.4, 0.5) is 4.39 Å². The molecule has 0 spiro atoms. The van der Waals surface area contributed by atoms with Crippen LogP contribution in [0.5, 0.6) is 0 Å². The lowest BCUT2D eigenvalue weighted by atomic mass is 10.2.